The van der Waals surface area contributed by atoms with E-state index in [0.29, 0.717) is 31.1 Å². The van der Waals surface area contributed by atoms with Crippen LogP contribution in [-0.2, 0) is 11.3 Å². The van der Waals surface area contributed by atoms with Crippen LogP contribution in [0.1, 0.15) is 49.0 Å². The van der Waals surface area contributed by atoms with Gasteiger partial charge in [0.2, 0.25) is 5.91 Å². The third-order valence-electron chi connectivity index (χ3n) is 5.08. The zero-order valence-corrected chi connectivity index (χ0v) is 18.1. The number of aliphatic hydroxyl groups excluding tert-OH is 1. The van der Waals surface area contributed by atoms with E-state index in [1.54, 1.807) is 17.0 Å². The molecule has 1 saturated heterocycles. The second kappa shape index (κ2) is 12.8. The molecule has 0 spiro atoms. The van der Waals surface area contributed by atoms with Crippen LogP contribution in [0.4, 0.5) is 0 Å². The Bertz CT molecular complexity index is 699. The minimum absolute atomic E-state index is 0.109. The Morgan fingerprint density at radius 2 is 2.00 bits per heavy atom. The Hall–Kier alpha value is -2.61. The maximum Gasteiger partial charge on any atom is 0.254 e. The predicted molar refractivity (Wildman–Crippen MR) is 118 cm³/mol. The van der Waals surface area contributed by atoms with E-state index in [-0.39, 0.29) is 25.0 Å². The van der Waals surface area contributed by atoms with Crippen LogP contribution >= 0.6 is 0 Å². The monoisotopic (exact) mass is 417 g/mol. The van der Waals surface area contributed by atoms with Crippen molar-refractivity contribution in [2.45, 2.75) is 39.7 Å². The van der Waals surface area contributed by atoms with Gasteiger partial charge in [-0.1, -0.05) is 25.5 Å². The number of nitrogens with zero attached hydrogens (tertiary/aromatic N) is 2. The molecule has 166 valence electrons. The molecule has 0 saturated carbocycles. The zero-order chi connectivity index (χ0) is 21.8. The maximum absolute atomic E-state index is 12.5. The molecule has 1 aliphatic rings. The van der Waals surface area contributed by atoms with Crippen molar-refractivity contribution in [1.29, 1.82) is 0 Å². The molecule has 2 rings (SSSR count). The summed E-state index contributed by atoms with van der Waals surface area (Å²) < 4.78 is 0. The molecule has 8 nitrogen and oxygen atoms in total. The van der Waals surface area contributed by atoms with Crippen LogP contribution in [0.3, 0.4) is 0 Å². The molecule has 2 amide bonds. The number of aliphatic hydroxyl groups is 1. The van der Waals surface area contributed by atoms with Crippen molar-refractivity contribution in [1.82, 2.24) is 20.9 Å². The standard InChI is InChI=1S/C22H35N5O3/c1-3-5-17(10-13-28)14-25-22(23-4-2)26-15-18-6-8-19(9-7-18)21(30)27-12-11-24-20(29)16-27/h6-9,17,28H,3-5,10-16H2,1-2H3,(H,24,29)(H2,23,25,26). The van der Waals surface area contributed by atoms with Gasteiger partial charge in [0, 0.05) is 38.3 Å². The van der Waals surface area contributed by atoms with Crippen molar-refractivity contribution in [3.63, 3.8) is 0 Å². The number of benzene rings is 1. The Labute approximate surface area is 179 Å². The molecular weight excluding hydrogens is 382 g/mol. The summed E-state index contributed by atoms with van der Waals surface area (Å²) in [6.45, 7) is 7.55. The lowest BCUT2D eigenvalue weighted by atomic mass is 10.0. The summed E-state index contributed by atoms with van der Waals surface area (Å²) in [5.41, 5.74) is 1.58. The molecule has 0 bridgehead atoms. The molecule has 1 fully saturated rings. The summed E-state index contributed by atoms with van der Waals surface area (Å²) in [4.78, 5) is 30.2. The molecule has 30 heavy (non-hydrogen) atoms. The second-order valence-corrected chi connectivity index (χ2v) is 7.52. The molecule has 4 N–H and O–H groups in total. The highest BCUT2D eigenvalue weighted by Gasteiger charge is 2.22. The first-order chi connectivity index (χ1) is 14.6. The number of carbonyl (C=O) groups is 2. The number of guanidine groups is 1. The smallest absolute Gasteiger partial charge is 0.254 e. The van der Waals surface area contributed by atoms with Crippen LogP contribution in [-0.4, -0.2) is 67.1 Å². The largest absolute Gasteiger partial charge is 0.396 e. The van der Waals surface area contributed by atoms with E-state index in [4.69, 9.17) is 0 Å². The average Bonchev–Trinajstić information content (AvgIpc) is 2.75. The number of nitrogens with one attached hydrogen (secondary N) is 3. The van der Waals surface area contributed by atoms with Gasteiger partial charge in [0.15, 0.2) is 5.96 Å². The minimum atomic E-state index is -0.124. The summed E-state index contributed by atoms with van der Waals surface area (Å²) in [6, 6.07) is 7.38. The third-order valence-corrected chi connectivity index (χ3v) is 5.08. The molecular formula is C22H35N5O3. The van der Waals surface area contributed by atoms with Crippen molar-refractivity contribution < 1.29 is 14.7 Å². The van der Waals surface area contributed by atoms with E-state index in [1.165, 1.54) is 0 Å². The van der Waals surface area contributed by atoms with Crippen LogP contribution in [0.15, 0.2) is 29.3 Å². The molecule has 0 aromatic heterocycles. The first kappa shape index (κ1) is 23.7. The highest BCUT2D eigenvalue weighted by Crippen LogP contribution is 2.11. The fraction of sp³-hybridized carbons (Fsp3) is 0.591. The van der Waals surface area contributed by atoms with Crippen molar-refractivity contribution in [3.8, 4) is 0 Å². The van der Waals surface area contributed by atoms with E-state index in [0.717, 1.165) is 43.9 Å². The van der Waals surface area contributed by atoms with E-state index in [1.807, 2.05) is 19.1 Å². The van der Waals surface area contributed by atoms with Gasteiger partial charge >= 0.3 is 0 Å². The summed E-state index contributed by atoms with van der Waals surface area (Å²) in [5, 5.41) is 18.6. The van der Waals surface area contributed by atoms with Gasteiger partial charge in [-0.2, -0.15) is 0 Å². The molecule has 0 aliphatic carbocycles. The molecule has 1 aliphatic heterocycles. The lowest BCUT2D eigenvalue weighted by Gasteiger charge is -2.26. The zero-order valence-electron chi connectivity index (χ0n) is 18.1. The predicted octanol–water partition coefficient (Wildman–Crippen LogP) is 1.11. The molecule has 1 aromatic carbocycles. The van der Waals surface area contributed by atoms with Gasteiger partial charge in [0.25, 0.3) is 5.91 Å². The maximum atomic E-state index is 12.5. The van der Waals surface area contributed by atoms with Gasteiger partial charge in [0.1, 0.15) is 0 Å². The molecule has 8 heteroatoms. The Kier molecular flexibility index (Phi) is 10.1. The number of aliphatic imine (C=N–C) groups is 1. The molecule has 1 heterocycles. The quantitative estimate of drug-likeness (QED) is 0.337. The number of carbonyl (C=O) groups excluding carboxylic acids is 2. The Balaban J connectivity index is 1.93. The van der Waals surface area contributed by atoms with Gasteiger partial charge < -0.3 is 26.0 Å². The molecule has 0 radical (unpaired) electrons. The van der Waals surface area contributed by atoms with Crippen molar-refractivity contribution in [2.24, 2.45) is 10.9 Å². The Morgan fingerprint density at radius 1 is 1.23 bits per heavy atom. The van der Waals surface area contributed by atoms with Crippen molar-refractivity contribution in [2.75, 3.05) is 39.3 Å². The third kappa shape index (κ3) is 7.67. The Morgan fingerprint density at radius 3 is 2.63 bits per heavy atom. The van der Waals surface area contributed by atoms with Gasteiger partial charge in [-0.05, 0) is 43.4 Å². The minimum Gasteiger partial charge on any atom is -0.396 e. The van der Waals surface area contributed by atoms with Crippen LogP contribution < -0.4 is 16.0 Å². The average molecular weight is 418 g/mol. The molecule has 1 atom stereocenters. The highest BCUT2D eigenvalue weighted by molar-refractivity contribution is 5.97. The van der Waals surface area contributed by atoms with Gasteiger partial charge in [-0.25, -0.2) is 4.99 Å². The van der Waals surface area contributed by atoms with Crippen LogP contribution in [0.2, 0.25) is 0 Å². The highest BCUT2D eigenvalue weighted by atomic mass is 16.3. The summed E-state index contributed by atoms with van der Waals surface area (Å²) >= 11 is 0. The molecule has 1 unspecified atom stereocenters. The van der Waals surface area contributed by atoms with Crippen molar-refractivity contribution >= 4 is 17.8 Å². The first-order valence-corrected chi connectivity index (χ1v) is 10.8. The topological polar surface area (TPSA) is 106 Å². The normalized spacial score (nSPS) is 15.5. The van der Waals surface area contributed by atoms with Gasteiger partial charge in [-0.15, -0.1) is 0 Å². The SMILES string of the molecule is CCCC(CCO)CNC(=NCc1ccc(C(=O)N2CCNC(=O)C2)cc1)NCC. The van der Waals surface area contributed by atoms with Crippen LogP contribution in [0, 0.1) is 5.92 Å². The second-order valence-electron chi connectivity index (χ2n) is 7.52. The summed E-state index contributed by atoms with van der Waals surface area (Å²) in [7, 11) is 0. The molecule has 1 aromatic rings. The van der Waals surface area contributed by atoms with Crippen molar-refractivity contribution in [3.05, 3.63) is 35.4 Å². The summed E-state index contributed by atoms with van der Waals surface area (Å²) in [6.07, 6.45) is 2.95. The van der Waals surface area contributed by atoms with Crippen LogP contribution in [0.5, 0.6) is 0 Å². The van der Waals surface area contributed by atoms with Crippen LogP contribution in [0.25, 0.3) is 0 Å². The first-order valence-electron chi connectivity index (χ1n) is 10.8. The number of rotatable bonds is 10. The number of amides is 2. The van der Waals surface area contributed by atoms with Gasteiger partial charge in [0.05, 0.1) is 13.1 Å². The lowest BCUT2D eigenvalue weighted by Crippen LogP contribution is -2.49. The fourth-order valence-electron chi connectivity index (χ4n) is 3.44. The fourth-order valence-corrected chi connectivity index (χ4v) is 3.44. The lowest BCUT2D eigenvalue weighted by molar-refractivity contribution is -0.123. The number of hydrogen-bond donors (Lipinski definition) is 4. The van der Waals surface area contributed by atoms with E-state index >= 15 is 0 Å². The number of piperazine rings is 1. The van der Waals surface area contributed by atoms with E-state index in [9.17, 15) is 14.7 Å². The van der Waals surface area contributed by atoms with E-state index in [2.05, 4.69) is 27.9 Å². The number of hydrogen-bond acceptors (Lipinski definition) is 4. The van der Waals surface area contributed by atoms with Gasteiger partial charge in [-0.3, -0.25) is 9.59 Å². The van der Waals surface area contributed by atoms with E-state index < -0.39 is 0 Å². The summed E-state index contributed by atoms with van der Waals surface area (Å²) in [5.74, 6) is 0.923.